The highest BCUT2D eigenvalue weighted by atomic mass is 16.5. The molecule has 3 N–H and O–H groups in total. The minimum Gasteiger partial charge on any atom is -0.361 e. The van der Waals surface area contributed by atoms with Gasteiger partial charge in [0.05, 0.1) is 5.52 Å². The summed E-state index contributed by atoms with van der Waals surface area (Å²) in [6.07, 6.45) is 0. The molecule has 0 saturated heterocycles. The molecular weight excluding hydrogens is 168 g/mol. The Balaban J connectivity index is 2.72. The normalized spacial score (nSPS) is 12.2. The second kappa shape index (κ2) is 2.55. The van der Waals surface area contributed by atoms with Gasteiger partial charge in [-0.3, -0.25) is 5.10 Å². The van der Waals surface area contributed by atoms with E-state index in [0.29, 0.717) is 0 Å². The topological polar surface area (TPSA) is 69.1 Å². The lowest BCUT2D eigenvalue weighted by Crippen LogP contribution is -2.20. The third-order valence-corrected chi connectivity index (χ3v) is 1.92. The molecule has 4 heteroatoms. The highest BCUT2D eigenvalue weighted by Crippen LogP contribution is 2.23. The van der Waals surface area contributed by atoms with Gasteiger partial charge >= 0.3 is 0 Å². The summed E-state index contributed by atoms with van der Waals surface area (Å²) in [5.74, 6) is -1.89. The SMILES string of the molecule is CC(O)(O)c1n[nH]c2ccccc12. The van der Waals surface area contributed by atoms with Gasteiger partial charge in [-0.25, -0.2) is 0 Å². The lowest BCUT2D eigenvalue weighted by molar-refractivity contribution is -0.154. The van der Waals surface area contributed by atoms with Crippen LogP contribution in [0.3, 0.4) is 0 Å². The molecule has 0 aliphatic heterocycles. The van der Waals surface area contributed by atoms with E-state index in [0.717, 1.165) is 10.9 Å². The molecule has 1 heterocycles. The van der Waals surface area contributed by atoms with E-state index in [1.807, 2.05) is 18.2 Å². The van der Waals surface area contributed by atoms with Gasteiger partial charge in [0, 0.05) is 5.39 Å². The molecule has 0 unspecified atom stereocenters. The second-order valence-electron chi connectivity index (χ2n) is 3.14. The van der Waals surface area contributed by atoms with Crippen LogP contribution in [0.15, 0.2) is 24.3 Å². The van der Waals surface area contributed by atoms with Gasteiger partial charge in [0.1, 0.15) is 5.69 Å². The van der Waals surface area contributed by atoms with Crippen molar-refractivity contribution in [2.24, 2.45) is 0 Å². The monoisotopic (exact) mass is 178 g/mol. The van der Waals surface area contributed by atoms with Crippen molar-refractivity contribution in [3.05, 3.63) is 30.0 Å². The third-order valence-electron chi connectivity index (χ3n) is 1.92. The average molecular weight is 178 g/mol. The zero-order chi connectivity index (χ0) is 9.47. The Morgan fingerprint density at radius 1 is 1.31 bits per heavy atom. The number of rotatable bonds is 1. The Morgan fingerprint density at radius 2 is 2.00 bits per heavy atom. The number of aromatic nitrogens is 2. The Labute approximate surface area is 74.8 Å². The Kier molecular flexibility index (Phi) is 1.61. The van der Waals surface area contributed by atoms with Gasteiger partial charge in [0.25, 0.3) is 0 Å². The number of aliphatic hydroxyl groups is 2. The van der Waals surface area contributed by atoms with E-state index in [-0.39, 0.29) is 5.69 Å². The van der Waals surface area contributed by atoms with E-state index in [4.69, 9.17) is 0 Å². The van der Waals surface area contributed by atoms with Crippen LogP contribution in [0.4, 0.5) is 0 Å². The van der Waals surface area contributed by atoms with E-state index >= 15 is 0 Å². The molecule has 1 aromatic heterocycles. The van der Waals surface area contributed by atoms with Crippen LogP contribution in [0.25, 0.3) is 10.9 Å². The van der Waals surface area contributed by atoms with Gasteiger partial charge in [0.2, 0.25) is 5.79 Å². The lowest BCUT2D eigenvalue weighted by atomic mass is 10.1. The van der Waals surface area contributed by atoms with Gasteiger partial charge in [-0.1, -0.05) is 18.2 Å². The van der Waals surface area contributed by atoms with Crippen molar-refractivity contribution in [2.45, 2.75) is 12.7 Å². The highest BCUT2D eigenvalue weighted by Gasteiger charge is 2.24. The summed E-state index contributed by atoms with van der Waals surface area (Å²) in [6, 6.07) is 7.31. The molecule has 0 aliphatic rings. The number of benzene rings is 1. The van der Waals surface area contributed by atoms with Crippen LogP contribution in [-0.2, 0) is 5.79 Å². The fourth-order valence-electron chi connectivity index (χ4n) is 1.32. The number of nitrogens with one attached hydrogen (secondary N) is 1. The Bertz CT molecular complexity index is 428. The quantitative estimate of drug-likeness (QED) is 0.563. The van der Waals surface area contributed by atoms with Gasteiger partial charge in [-0.15, -0.1) is 0 Å². The minimum absolute atomic E-state index is 0.253. The molecule has 0 spiro atoms. The van der Waals surface area contributed by atoms with Crippen molar-refractivity contribution < 1.29 is 10.2 Å². The third kappa shape index (κ3) is 1.30. The predicted octanol–water partition coefficient (Wildman–Crippen LogP) is 0.720. The molecule has 0 fully saturated rings. The smallest absolute Gasteiger partial charge is 0.206 e. The van der Waals surface area contributed by atoms with Crippen LogP contribution >= 0.6 is 0 Å². The zero-order valence-corrected chi connectivity index (χ0v) is 7.15. The van der Waals surface area contributed by atoms with Crippen LogP contribution in [0.1, 0.15) is 12.6 Å². The molecule has 2 aromatic rings. The molecule has 0 radical (unpaired) electrons. The van der Waals surface area contributed by atoms with Crippen LogP contribution in [-0.4, -0.2) is 20.4 Å². The maximum absolute atomic E-state index is 9.35. The molecule has 68 valence electrons. The molecule has 4 nitrogen and oxygen atoms in total. The fraction of sp³-hybridized carbons (Fsp3) is 0.222. The molecule has 0 bridgehead atoms. The molecule has 0 atom stereocenters. The number of hydrogen-bond donors (Lipinski definition) is 3. The van der Waals surface area contributed by atoms with Crippen molar-refractivity contribution in [1.82, 2.24) is 10.2 Å². The Morgan fingerprint density at radius 3 is 2.69 bits per heavy atom. The number of hydrogen-bond acceptors (Lipinski definition) is 3. The van der Waals surface area contributed by atoms with Crippen molar-refractivity contribution in [3.63, 3.8) is 0 Å². The first-order valence-corrected chi connectivity index (χ1v) is 3.97. The summed E-state index contributed by atoms with van der Waals surface area (Å²) < 4.78 is 0. The number of H-pyrrole nitrogens is 1. The maximum atomic E-state index is 9.35. The van der Waals surface area contributed by atoms with Gasteiger partial charge in [0.15, 0.2) is 0 Å². The van der Waals surface area contributed by atoms with Gasteiger partial charge in [-0.2, -0.15) is 5.10 Å². The molecule has 0 amide bonds. The van der Waals surface area contributed by atoms with Crippen LogP contribution < -0.4 is 0 Å². The molecule has 0 aliphatic carbocycles. The molecule has 13 heavy (non-hydrogen) atoms. The summed E-state index contributed by atoms with van der Waals surface area (Å²) in [4.78, 5) is 0. The van der Waals surface area contributed by atoms with Crippen LogP contribution in [0.2, 0.25) is 0 Å². The number of para-hydroxylation sites is 1. The lowest BCUT2D eigenvalue weighted by Gasteiger charge is -2.12. The van der Waals surface area contributed by atoms with Crippen molar-refractivity contribution in [1.29, 1.82) is 0 Å². The van der Waals surface area contributed by atoms with Crippen molar-refractivity contribution in [3.8, 4) is 0 Å². The largest absolute Gasteiger partial charge is 0.361 e. The van der Waals surface area contributed by atoms with Crippen molar-refractivity contribution in [2.75, 3.05) is 0 Å². The maximum Gasteiger partial charge on any atom is 0.206 e. The summed E-state index contributed by atoms with van der Waals surface area (Å²) in [5.41, 5.74) is 1.05. The first-order chi connectivity index (χ1) is 6.09. The standard InChI is InChI=1S/C9H10N2O2/c1-9(12,13)8-6-4-2-3-5-7(6)10-11-8/h2-5,12-13H,1H3,(H,10,11). The molecule has 2 rings (SSSR count). The number of nitrogens with zero attached hydrogens (tertiary/aromatic N) is 1. The first kappa shape index (κ1) is 8.22. The van der Waals surface area contributed by atoms with Crippen LogP contribution in [0.5, 0.6) is 0 Å². The zero-order valence-electron chi connectivity index (χ0n) is 7.15. The van der Waals surface area contributed by atoms with Gasteiger partial charge < -0.3 is 10.2 Å². The molecule has 1 aromatic carbocycles. The fourth-order valence-corrected chi connectivity index (χ4v) is 1.32. The minimum atomic E-state index is -1.89. The van der Waals surface area contributed by atoms with Crippen LogP contribution in [0, 0.1) is 0 Å². The molecule has 0 saturated carbocycles. The predicted molar refractivity (Wildman–Crippen MR) is 47.9 cm³/mol. The highest BCUT2D eigenvalue weighted by molar-refractivity contribution is 5.81. The van der Waals surface area contributed by atoms with Gasteiger partial charge in [-0.05, 0) is 13.0 Å². The van der Waals surface area contributed by atoms with E-state index in [2.05, 4.69) is 10.2 Å². The first-order valence-electron chi connectivity index (χ1n) is 3.97. The second-order valence-corrected chi connectivity index (χ2v) is 3.14. The summed E-state index contributed by atoms with van der Waals surface area (Å²) in [7, 11) is 0. The van der Waals surface area contributed by atoms with Crippen molar-refractivity contribution >= 4 is 10.9 Å². The van der Waals surface area contributed by atoms with E-state index < -0.39 is 5.79 Å². The number of fused-ring (bicyclic) bond motifs is 1. The average Bonchev–Trinajstić information content (AvgIpc) is 2.45. The van der Waals surface area contributed by atoms with E-state index in [9.17, 15) is 10.2 Å². The van der Waals surface area contributed by atoms with E-state index in [1.165, 1.54) is 6.92 Å². The molecular formula is C9H10N2O2. The summed E-state index contributed by atoms with van der Waals surface area (Å²) in [5, 5.41) is 26.0. The van der Waals surface area contributed by atoms with E-state index in [1.54, 1.807) is 6.07 Å². The summed E-state index contributed by atoms with van der Waals surface area (Å²) in [6.45, 7) is 1.29. The number of aromatic amines is 1. The summed E-state index contributed by atoms with van der Waals surface area (Å²) >= 11 is 0. The Hall–Kier alpha value is -1.39.